The van der Waals surface area contributed by atoms with Crippen molar-refractivity contribution in [2.24, 2.45) is 0 Å². The molecule has 0 aliphatic carbocycles. The molecule has 1 aromatic heterocycles. The summed E-state index contributed by atoms with van der Waals surface area (Å²) in [5.74, 6) is 0.566. The predicted octanol–water partition coefficient (Wildman–Crippen LogP) is 4.17. The maximum Gasteiger partial charge on any atom is 0.213 e. The molecule has 2 aromatic carbocycles. The van der Waals surface area contributed by atoms with E-state index < -0.39 is 0 Å². The van der Waals surface area contributed by atoms with E-state index in [1.165, 1.54) is 0 Å². The lowest BCUT2D eigenvalue weighted by molar-refractivity contribution is 0.398. The molecule has 0 atom stereocenters. The van der Waals surface area contributed by atoms with E-state index >= 15 is 0 Å². The number of nitrogens with zero attached hydrogens (tertiary/aromatic N) is 1. The van der Waals surface area contributed by atoms with Gasteiger partial charge in [0, 0.05) is 6.07 Å². The lowest BCUT2D eigenvalue weighted by atomic mass is 9.99. The lowest BCUT2D eigenvalue weighted by Gasteiger charge is -2.22. The van der Waals surface area contributed by atoms with Crippen LogP contribution in [-0.2, 0) is 0 Å². The van der Waals surface area contributed by atoms with Gasteiger partial charge < -0.3 is 15.4 Å². The Labute approximate surface area is 152 Å². The summed E-state index contributed by atoms with van der Waals surface area (Å²) in [6, 6.07) is 24.1. The summed E-state index contributed by atoms with van der Waals surface area (Å²) in [6.45, 7) is 0. The highest BCUT2D eigenvalue weighted by Gasteiger charge is 2.14. The van der Waals surface area contributed by atoms with Gasteiger partial charge in [0.05, 0.1) is 25.0 Å². The second kappa shape index (κ2) is 8.26. The minimum absolute atomic E-state index is 0.0337. The van der Waals surface area contributed by atoms with E-state index in [0.29, 0.717) is 11.0 Å². The highest BCUT2D eigenvalue weighted by atomic mass is 32.1. The van der Waals surface area contributed by atoms with Crippen molar-refractivity contribution >= 4 is 23.0 Å². The van der Waals surface area contributed by atoms with Gasteiger partial charge in [-0.2, -0.15) is 0 Å². The van der Waals surface area contributed by atoms with Crippen LogP contribution in [0.15, 0.2) is 79.0 Å². The van der Waals surface area contributed by atoms with Gasteiger partial charge in [0.25, 0.3) is 0 Å². The molecule has 0 bridgehead atoms. The van der Waals surface area contributed by atoms with E-state index in [-0.39, 0.29) is 6.04 Å². The van der Waals surface area contributed by atoms with Crippen molar-refractivity contribution in [1.29, 1.82) is 0 Å². The highest BCUT2D eigenvalue weighted by Crippen LogP contribution is 2.22. The molecule has 4 nitrogen and oxygen atoms in total. The first-order valence-corrected chi connectivity index (χ1v) is 8.34. The molecule has 0 unspecified atom stereocenters. The molecule has 126 valence electrons. The Hall–Kier alpha value is -2.92. The van der Waals surface area contributed by atoms with E-state index in [1.54, 1.807) is 19.4 Å². The van der Waals surface area contributed by atoms with Crippen LogP contribution in [0.4, 0.5) is 5.69 Å². The van der Waals surface area contributed by atoms with Crippen LogP contribution in [0.5, 0.6) is 5.88 Å². The van der Waals surface area contributed by atoms with Gasteiger partial charge in [-0.3, -0.25) is 0 Å². The number of nitrogens with one attached hydrogen (secondary N) is 2. The average molecular weight is 349 g/mol. The topological polar surface area (TPSA) is 46.2 Å². The van der Waals surface area contributed by atoms with Crippen LogP contribution < -0.4 is 15.4 Å². The molecular formula is C20H19N3OS. The molecule has 25 heavy (non-hydrogen) atoms. The Bertz CT molecular complexity index is 768. The third-order valence-electron chi connectivity index (χ3n) is 3.74. The van der Waals surface area contributed by atoms with Crippen LogP contribution in [0.2, 0.25) is 0 Å². The van der Waals surface area contributed by atoms with Gasteiger partial charge in [-0.05, 0) is 29.4 Å². The minimum Gasteiger partial charge on any atom is -0.481 e. The quantitative estimate of drug-likeness (QED) is 0.677. The fraction of sp³-hybridized carbons (Fsp3) is 0.100. The first kappa shape index (κ1) is 16.9. The summed E-state index contributed by atoms with van der Waals surface area (Å²) in [5.41, 5.74) is 3.09. The van der Waals surface area contributed by atoms with Gasteiger partial charge in [-0.25, -0.2) is 4.98 Å². The molecule has 1 heterocycles. The fourth-order valence-corrected chi connectivity index (χ4v) is 2.76. The number of pyridine rings is 1. The molecule has 2 N–H and O–H groups in total. The molecular weight excluding hydrogens is 330 g/mol. The smallest absolute Gasteiger partial charge is 0.213 e. The van der Waals surface area contributed by atoms with E-state index in [4.69, 9.17) is 17.0 Å². The zero-order chi connectivity index (χ0) is 17.5. The molecule has 3 rings (SSSR count). The standard InChI is InChI=1S/C20H19N3OS/c1-24-18-13-12-17(14-21-18)22-20(25)23-19(15-8-4-2-5-9-15)16-10-6-3-7-11-16/h2-14,19H,1H3,(H2,22,23,25). The Kier molecular flexibility index (Phi) is 5.59. The van der Waals surface area contributed by atoms with Gasteiger partial charge in [0.15, 0.2) is 5.11 Å². The van der Waals surface area contributed by atoms with Crippen molar-refractivity contribution in [3.63, 3.8) is 0 Å². The van der Waals surface area contributed by atoms with Gasteiger partial charge in [0.1, 0.15) is 0 Å². The Balaban J connectivity index is 1.76. The monoisotopic (exact) mass is 349 g/mol. The zero-order valence-corrected chi connectivity index (χ0v) is 14.7. The normalized spacial score (nSPS) is 10.3. The van der Waals surface area contributed by atoms with E-state index in [1.807, 2.05) is 42.5 Å². The van der Waals surface area contributed by atoms with Crippen molar-refractivity contribution < 1.29 is 4.74 Å². The predicted molar refractivity (Wildman–Crippen MR) is 105 cm³/mol. The van der Waals surface area contributed by atoms with Crippen LogP contribution in [0.3, 0.4) is 0 Å². The molecule has 0 spiro atoms. The van der Waals surface area contributed by atoms with Crippen LogP contribution in [0.25, 0.3) is 0 Å². The number of hydrogen-bond donors (Lipinski definition) is 2. The summed E-state index contributed by atoms with van der Waals surface area (Å²) >= 11 is 5.49. The van der Waals surface area contributed by atoms with Crippen molar-refractivity contribution in [2.45, 2.75) is 6.04 Å². The summed E-state index contributed by atoms with van der Waals surface area (Å²) in [4.78, 5) is 4.17. The fourth-order valence-electron chi connectivity index (χ4n) is 2.52. The summed E-state index contributed by atoms with van der Waals surface area (Å²) in [6.07, 6.45) is 1.69. The van der Waals surface area contributed by atoms with E-state index in [9.17, 15) is 0 Å². The first-order chi connectivity index (χ1) is 12.3. The molecule has 0 aliphatic rings. The lowest BCUT2D eigenvalue weighted by Crippen LogP contribution is -2.33. The number of thiocarbonyl (C=S) groups is 1. The molecule has 0 saturated carbocycles. The third kappa shape index (κ3) is 4.55. The third-order valence-corrected chi connectivity index (χ3v) is 3.96. The number of benzene rings is 2. The first-order valence-electron chi connectivity index (χ1n) is 7.94. The molecule has 5 heteroatoms. The summed E-state index contributed by atoms with van der Waals surface area (Å²) < 4.78 is 5.07. The molecule has 0 radical (unpaired) electrons. The molecule has 0 saturated heterocycles. The number of anilines is 1. The highest BCUT2D eigenvalue weighted by molar-refractivity contribution is 7.80. The number of aromatic nitrogens is 1. The molecule has 3 aromatic rings. The maximum absolute atomic E-state index is 5.49. The zero-order valence-electron chi connectivity index (χ0n) is 13.8. The Morgan fingerprint density at radius 3 is 2.00 bits per heavy atom. The summed E-state index contributed by atoms with van der Waals surface area (Å²) in [5, 5.41) is 7.09. The van der Waals surface area contributed by atoms with Crippen molar-refractivity contribution in [3.05, 3.63) is 90.1 Å². The number of rotatable bonds is 5. The minimum atomic E-state index is -0.0337. The van der Waals surface area contributed by atoms with Gasteiger partial charge >= 0.3 is 0 Å². The molecule has 0 fully saturated rings. The Morgan fingerprint density at radius 2 is 1.52 bits per heavy atom. The van der Waals surface area contributed by atoms with Crippen molar-refractivity contribution in [3.8, 4) is 5.88 Å². The van der Waals surface area contributed by atoms with Gasteiger partial charge in [-0.1, -0.05) is 60.7 Å². The van der Waals surface area contributed by atoms with Crippen LogP contribution >= 0.6 is 12.2 Å². The van der Waals surface area contributed by atoms with Crippen LogP contribution in [0, 0.1) is 0 Å². The maximum atomic E-state index is 5.49. The van der Waals surface area contributed by atoms with Crippen molar-refractivity contribution in [1.82, 2.24) is 10.3 Å². The van der Waals surface area contributed by atoms with Gasteiger partial charge in [-0.15, -0.1) is 0 Å². The van der Waals surface area contributed by atoms with E-state index in [0.717, 1.165) is 16.8 Å². The number of hydrogen-bond acceptors (Lipinski definition) is 3. The average Bonchev–Trinajstić information content (AvgIpc) is 2.68. The van der Waals surface area contributed by atoms with Crippen molar-refractivity contribution in [2.75, 3.05) is 12.4 Å². The summed E-state index contributed by atoms with van der Waals surface area (Å²) in [7, 11) is 1.59. The number of ether oxygens (including phenoxy) is 1. The van der Waals surface area contributed by atoms with E-state index in [2.05, 4.69) is 39.9 Å². The molecule has 0 aliphatic heterocycles. The Morgan fingerprint density at radius 1 is 0.920 bits per heavy atom. The van der Waals surface area contributed by atoms with Gasteiger partial charge in [0.2, 0.25) is 5.88 Å². The largest absolute Gasteiger partial charge is 0.481 e. The molecule has 0 amide bonds. The SMILES string of the molecule is COc1ccc(NC(=S)NC(c2ccccc2)c2ccccc2)cn1. The van der Waals surface area contributed by atoms with Crippen LogP contribution in [-0.4, -0.2) is 17.2 Å². The second-order valence-corrected chi connectivity index (χ2v) is 5.85. The van der Waals surface area contributed by atoms with Crippen LogP contribution in [0.1, 0.15) is 17.2 Å². The second-order valence-electron chi connectivity index (χ2n) is 5.44. The number of methoxy groups -OCH3 is 1.